The van der Waals surface area contributed by atoms with Gasteiger partial charge in [-0.2, -0.15) is 0 Å². The second-order valence-electron chi connectivity index (χ2n) is 6.13. The first kappa shape index (κ1) is 15.0. The average molecular weight is 261 g/mol. The molecule has 1 fully saturated rings. The van der Waals surface area contributed by atoms with Crippen molar-refractivity contribution in [2.45, 2.75) is 40.5 Å². The van der Waals surface area contributed by atoms with Crippen molar-refractivity contribution >= 4 is 9.84 Å². The van der Waals surface area contributed by atoms with Gasteiger partial charge in [0.1, 0.15) is 0 Å². The predicted octanol–water partition coefficient (Wildman–Crippen LogP) is 2.08. The Hall–Kier alpha value is -0.0900. The fourth-order valence-electron chi connectivity index (χ4n) is 2.55. The second-order valence-corrected chi connectivity index (χ2v) is 8.36. The maximum Gasteiger partial charge on any atom is 0.150 e. The molecule has 17 heavy (non-hydrogen) atoms. The van der Waals surface area contributed by atoms with Crippen LogP contribution in [0.25, 0.3) is 0 Å². The van der Waals surface area contributed by atoms with Crippen LogP contribution in [0.4, 0.5) is 0 Å². The minimum absolute atomic E-state index is 0.123. The molecule has 0 aliphatic carbocycles. The molecule has 0 aromatic carbocycles. The van der Waals surface area contributed by atoms with E-state index in [1.54, 1.807) is 0 Å². The smallest absolute Gasteiger partial charge is 0.150 e. The average Bonchev–Trinajstić information content (AvgIpc) is 2.58. The van der Waals surface area contributed by atoms with E-state index in [0.29, 0.717) is 23.3 Å². The minimum atomic E-state index is -2.76. The number of hydrogen-bond acceptors (Lipinski definition) is 3. The number of hydrogen-bond donors (Lipinski definition) is 1. The van der Waals surface area contributed by atoms with Crippen LogP contribution in [0.2, 0.25) is 0 Å². The van der Waals surface area contributed by atoms with Crippen molar-refractivity contribution < 1.29 is 8.42 Å². The molecule has 1 heterocycles. The summed E-state index contributed by atoms with van der Waals surface area (Å²) in [5.74, 6) is 1.75. The fraction of sp³-hybridized carbons (Fsp3) is 1.00. The van der Waals surface area contributed by atoms with Crippen LogP contribution in [0.5, 0.6) is 0 Å². The summed E-state index contributed by atoms with van der Waals surface area (Å²) in [5.41, 5.74) is 0.123. The molecular weight excluding hydrogens is 234 g/mol. The van der Waals surface area contributed by atoms with Crippen LogP contribution >= 0.6 is 0 Å². The van der Waals surface area contributed by atoms with Gasteiger partial charge >= 0.3 is 0 Å². The first-order valence-corrected chi connectivity index (χ1v) is 8.52. The molecule has 1 rings (SSSR count). The van der Waals surface area contributed by atoms with Gasteiger partial charge in [0, 0.05) is 6.54 Å². The van der Waals surface area contributed by atoms with Gasteiger partial charge in [-0.1, -0.05) is 27.7 Å². The van der Waals surface area contributed by atoms with Gasteiger partial charge in [-0.05, 0) is 36.6 Å². The molecule has 1 saturated heterocycles. The van der Waals surface area contributed by atoms with E-state index in [1.807, 2.05) is 0 Å². The molecule has 0 bridgehead atoms. The topological polar surface area (TPSA) is 46.2 Å². The Labute approximate surface area is 106 Å². The molecule has 0 aromatic heterocycles. The maximum atomic E-state index is 11.6. The molecular formula is C13H27NO2S. The normalized spacial score (nSPS) is 27.2. The molecule has 2 unspecified atom stereocenters. The Morgan fingerprint density at radius 3 is 2.47 bits per heavy atom. The first-order valence-electron chi connectivity index (χ1n) is 6.70. The van der Waals surface area contributed by atoms with Gasteiger partial charge in [-0.15, -0.1) is 0 Å². The monoisotopic (exact) mass is 261 g/mol. The first-order chi connectivity index (χ1) is 7.79. The molecule has 2 atom stereocenters. The van der Waals surface area contributed by atoms with E-state index in [2.05, 4.69) is 33.0 Å². The van der Waals surface area contributed by atoms with Crippen molar-refractivity contribution in [3.05, 3.63) is 0 Å². The van der Waals surface area contributed by atoms with E-state index in [-0.39, 0.29) is 5.41 Å². The Bertz CT molecular complexity index is 337. The molecule has 1 N–H and O–H groups in total. The summed E-state index contributed by atoms with van der Waals surface area (Å²) in [6.45, 7) is 10.7. The summed E-state index contributed by atoms with van der Waals surface area (Å²) in [7, 11) is -2.76. The van der Waals surface area contributed by atoms with Crippen molar-refractivity contribution in [2.75, 3.05) is 24.6 Å². The quantitative estimate of drug-likeness (QED) is 0.796. The standard InChI is InChI=1S/C13H27NO2S/c1-5-13(4,10-14-8-11(2)3)12-6-7-17(15,16)9-12/h11-12,14H,5-10H2,1-4H3. The van der Waals surface area contributed by atoms with Gasteiger partial charge in [-0.3, -0.25) is 0 Å². The van der Waals surface area contributed by atoms with E-state index < -0.39 is 9.84 Å². The highest BCUT2D eigenvalue weighted by Gasteiger charge is 2.39. The summed E-state index contributed by atoms with van der Waals surface area (Å²) < 4.78 is 23.1. The van der Waals surface area contributed by atoms with Crippen molar-refractivity contribution in [3.63, 3.8) is 0 Å². The fourth-order valence-corrected chi connectivity index (χ4v) is 4.54. The molecule has 0 saturated carbocycles. The zero-order valence-electron chi connectivity index (χ0n) is 11.6. The third-order valence-corrected chi connectivity index (χ3v) is 5.88. The van der Waals surface area contributed by atoms with Gasteiger partial charge in [0.15, 0.2) is 9.84 Å². The largest absolute Gasteiger partial charge is 0.316 e. The Balaban J connectivity index is 2.56. The van der Waals surface area contributed by atoms with Gasteiger partial charge in [0.05, 0.1) is 11.5 Å². The lowest BCUT2D eigenvalue weighted by atomic mass is 9.74. The van der Waals surface area contributed by atoms with Crippen molar-refractivity contribution in [1.82, 2.24) is 5.32 Å². The van der Waals surface area contributed by atoms with Crippen LogP contribution in [0.3, 0.4) is 0 Å². The summed E-state index contributed by atoms with van der Waals surface area (Å²) in [4.78, 5) is 0. The van der Waals surface area contributed by atoms with E-state index in [9.17, 15) is 8.42 Å². The molecule has 1 aliphatic heterocycles. The van der Waals surface area contributed by atoms with Crippen LogP contribution in [0.1, 0.15) is 40.5 Å². The van der Waals surface area contributed by atoms with Gasteiger partial charge in [0.25, 0.3) is 0 Å². The Kier molecular flexibility index (Phi) is 5.02. The highest BCUT2D eigenvalue weighted by Crippen LogP contribution is 2.38. The minimum Gasteiger partial charge on any atom is -0.316 e. The lowest BCUT2D eigenvalue weighted by Crippen LogP contribution is -2.39. The number of nitrogens with one attached hydrogen (secondary N) is 1. The van der Waals surface area contributed by atoms with Gasteiger partial charge in [-0.25, -0.2) is 8.42 Å². The van der Waals surface area contributed by atoms with Gasteiger partial charge < -0.3 is 5.32 Å². The zero-order chi connectivity index (χ0) is 13.1. The zero-order valence-corrected chi connectivity index (χ0v) is 12.4. The molecule has 0 spiro atoms. The predicted molar refractivity (Wildman–Crippen MR) is 72.9 cm³/mol. The van der Waals surface area contributed by atoms with Crippen LogP contribution in [-0.2, 0) is 9.84 Å². The van der Waals surface area contributed by atoms with Crippen LogP contribution < -0.4 is 5.32 Å². The highest BCUT2D eigenvalue weighted by molar-refractivity contribution is 7.91. The summed E-state index contributed by atoms with van der Waals surface area (Å²) in [5, 5.41) is 3.49. The van der Waals surface area contributed by atoms with E-state index >= 15 is 0 Å². The second kappa shape index (κ2) is 5.70. The van der Waals surface area contributed by atoms with E-state index in [4.69, 9.17) is 0 Å². The van der Waals surface area contributed by atoms with E-state index in [1.165, 1.54) is 0 Å². The number of sulfone groups is 1. The summed E-state index contributed by atoms with van der Waals surface area (Å²) >= 11 is 0. The number of rotatable bonds is 6. The molecule has 102 valence electrons. The van der Waals surface area contributed by atoms with Crippen LogP contribution in [0.15, 0.2) is 0 Å². The molecule has 1 aliphatic rings. The molecule has 0 radical (unpaired) electrons. The lowest BCUT2D eigenvalue weighted by molar-refractivity contribution is 0.187. The third-order valence-electron chi connectivity index (χ3n) is 4.11. The van der Waals surface area contributed by atoms with Crippen molar-refractivity contribution in [3.8, 4) is 0 Å². The van der Waals surface area contributed by atoms with Gasteiger partial charge in [0.2, 0.25) is 0 Å². The molecule has 3 nitrogen and oxygen atoms in total. The SMILES string of the molecule is CCC(C)(CNCC(C)C)C1CCS(=O)(=O)C1. The Morgan fingerprint density at radius 1 is 1.41 bits per heavy atom. The van der Waals surface area contributed by atoms with Crippen molar-refractivity contribution in [1.29, 1.82) is 0 Å². The van der Waals surface area contributed by atoms with E-state index in [0.717, 1.165) is 25.9 Å². The van der Waals surface area contributed by atoms with Crippen LogP contribution in [0, 0.1) is 17.3 Å². The third kappa shape index (κ3) is 4.25. The molecule has 0 aromatic rings. The Morgan fingerprint density at radius 2 is 2.06 bits per heavy atom. The highest BCUT2D eigenvalue weighted by atomic mass is 32.2. The molecule has 0 amide bonds. The summed E-state index contributed by atoms with van der Waals surface area (Å²) in [6, 6.07) is 0. The van der Waals surface area contributed by atoms with Crippen LogP contribution in [-0.4, -0.2) is 33.0 Å². The van der Waals surface area contributed by atoms with Crippen molar-refractivity contribution in [2.24, 2.45) is 17.3 Å². The maximum absolute atomic E-state index is 11.6. The summed E-state index contributed by atoms with van der Waals surface area (Å²) in [6.07, 6.45) is 1.88. The molecule has 4 heteroatoms. The lowest BCUT2D eigenvalue weighted by Gasteiger charge is -2.34.